The number of thiazole rings is 1. The summed E-state index contributed by atoms with van der Waals surface area (Å²) in [6.07, 6.45) is 14.1. The Morgan fingerprint density at radius 3 is 2.81 bits per heavy atom. The molecule has 2 aliphatic rings. The van der Waals surface area contributed by atoms with E-state index in [-0.39, 0.29) is 11.8 Å². The van der Waals surface area contributed by atoms with Crippen LogP contribution in [0.5, 0.6) is 0 Å². The lowest BCUT2D eigenvalue weighted by atomic mass is 10.2. The molecule has 2 amide bonds. The number of aromatic nitrogens is 5. The van der Waals surface area contributed by atoms with Crippen molar-refractivity contribution in [2.75, 3.05) is 18.4 Å². The highest BCUT2D eigenvalue weighted by Crippen LogP contribution is 2.35. The zero-order chi connectivity index (χ0) is 25.4. The fourth-order valence-electron chi connectivity index (χ4n) is 5.19. The van der Waals surface area contributed by atoms with Gasteiger partial charge in [-0.15, -0.1) is 11.3 Å². The smallest absolute Gasteiger partial charge is 0.260 e. The van der Waals surface area contributed by atoms with E-state index in [1.54, 1.807) is 29.9 Å². The number of nitrogens with zero attached hydrogens (tertiary/aromatic N) is 5. The van der Waals surface area contributed by atoms with E-state index in [2.05, 4.69) is 35.8 Å². The Morgan fingerprint density at radius 2 is 1.95 bits per heavy atom. The quantitative estimate of drug-likeness (QED) is 0.308. The molecule has 4 aromatic rings. The first-order chi connectivity index (χ1) is 18.1. The van der Waals surface area contributed by atoms with E-state index < -0.39 is 0 Å². The molecular weight excluding hydrogens is 488 g/mol. The summed E-state index contributed by atoms with van der Waals surface area (Å²) in [5.41, 5.74) is 4.38. The molecule has 6 rings (SSSR count). The average molecular weight is 519 g/mol. The summed E-state index contributed by atoms with van der Waals surface area (Å²) in [5, 5.41) is 18.2. The SMILES string of the molecule is Cc1ncc(C(=O)NCCNC2CCCC2)cc1NC(=O)c1cnn2cc(-c3cnn4c3CCC4)sc12. The van der Waals surface area contributed by atoms with Gasteiger partial charge in [-0.05, 0) is 38.7 Å². The lowest BCUT2D eigenvalue weighted by Gasteiger charge is -2.13. The van der Waals surface area contributed by atoms with Crippen LogP contribution in [-0.2, 0) is 13.0 Å². The third-order valence-electron chi connectivity index (χ3n) is 7.23. The lowest BCUT2D eigenvalue weighted by Crippen LogP contribution is -2.35. The van der Waals surface area contributed by atoms with Crippen molar-refractivity contribution in [3.8, 4) is 10.4 Å². The van der Waals surface area contributed by atoms with Crippen LogP contribution < -0.4 is 16.0 Å². The molecule has 0 radical (unpaired) electrons. The molecular formula is C26H30N8O2S. The van der Waals surface area contributed by atoms with Gasteiger partial charge in [0, 0.05) is 49.3 Å². The van der Waals surface area contributed by atoms with Crippen LogP contribution in [0.4, 0.5) is 5.69 Å². The van der Waals surface area contributed by atoms with Crippen molar-refractivity contribution in [3.05, 3.63) is 53.4 Å². The standard InChI is InChI=1S/C26H30N8O2S/c1-16-21(11-17(12-29-16)24(35)28-9-8-27-18-5-2-3-6-18)32-25(36)20-14-31-34-15-23(37-26(20)34)19-13-30-33-10-4-7-22(19)33/h11-15,18,27H,2-10H2,1H3,(H,28,35)(H,32,36). The van der Waals surface area contributed by atoms with Gasteiger partial charge in [0.05, 0.1) is 39.8 Å². The van der Waals surface area contributed by atoms with Crippen LogP contribution in [0.25, 0.3) is 15.3 Å². The number of rotatable bonds is 8. The summed E-state index contributed by atoms with van der Waals surface area (Å²) in [4.78, 5) is 32.1. The minimum absolute atomic E-state index is 0.208. The molecule has 1 fully saturated rings. The fraction of sp³-hybridized carbons (Fsp3) is 0.423. The van der Waals surface area contributed by atoms with E-state index in [9.17, 15) is 9.59 Å². The van der Waals surface area contributed by atoms with Crippen LogP contribution in [0.3, 0.4) is 0 Å². The van der Waals surface area contributed by atoms with Crippen molar-refractivity contribution in [2.24, 2.45) is 0 Å². The molecule has 0 atom stereocenters. The number of carbonyl (C=O) groups excluding carboxylic acids is 2. The maximum absolute atomic E-state index is 13.2. The number of nitrogens with one attached hydrogen (secondary N) is 3. The Kier molecular flexibility index (Phi) is 6.47. The van der Waals surface area contributed by atoms with E-state index in [0.717, 1.165) is 41.2 Å². The van der Waals surface area contributed by atoms with Gasteiger partial charge in [0.25, 0.3) is 11.8 Å². The number of anilines is 1. The van der Waals surface area contributed by atoms with E-state index in [0.29, 0.717) is 35.1 Å². The molecule has 0 unspecified atom stereocenters. The van der Waals surface area contributed by atoms with E-state index >= 15 is 0 Å². The monoisotopic (exact) mass is 518 g/mol. The van der Waals surface area contributed by atoms with E-state index in [1.807, 2.05) is 12.4 Å². The predicted octanol–water partition coefficient (Wildman–Crippen LogP) is 3.42. The maximum Gasteiger partial charge on any atom is 0.260 e. The molecule has 1 saturated carbocycles. The second kappa shape index (κ2) is 10.1. The minimum atomic E-state index is -0.285. The zero-order valence-corrected chi connectivity index (χ0v) is 21.6. The molecule has 0 bridgehead atoms. The van der Waals surface area contributed by atoms with Crippen molar-refractivity contribution >= 4 is 33.7 Å². The van der Waals surface area contributed by atoms with Crippen molar-refractivity contribution in [2.45, 2.75) is 58.0 Å². The maximum atomic E-state index is 13.2. The third-order valence-corrected chi connectivity index (χ3v) is 8.38. The molecule has 37 heavy (non-hydrogen) atoms. The van der Waals surface area contributed by atoms with Crippen LogP contribution in [0.1, 0.15) is 64.2 Å². The molecule has 1 aliphatic carbocycles. The fourth-order valence-corrected chi connectivity index (χ4v) is 6.28. The first kappa shape index (κ1) is 23.8. The highest BCUT2D eigenvalue weighted by molar-refractivity contribution is 7.21. The molecule has 10 nitrogen and oxygen atoms in total. The van der Waals surface area contributed by atoms with Gasteiger partial charge < -0.3 is 16.0 Å². The zero-order valence-electron chi connectivity index (χ0n) is 20.8. The summed E-state index contributed by atoms with van der Waals surface area (Å²) in [5.74, 6) is -0.493. The van der Waals surface area contributed by atoms with E-state index in [4.69, 9.17) is 0 Å². The molecule has 1 aliphatic heterocycles. The number of fused-ring (bicyclic) bond motifs is 2. The Labute approximate surface area is 218 Å². The summed E-state index contributed by atoms with van der Waals surface area (Å²) in [6, 6.07) is 2.24. The molecule has 0 spiro atoms. The van der Waals surface area contributed by atoms with Gasteiger partial charge >= 0.3 is 0 Å². The van der Waals surface area contributed by atoms with Gasteiger partial charge in [-0.25, -0.2) is 4.52 Å². The highest BCUT2D eigenvalue weighted by Gasteiger charge is 2.22. The van der Waals surface area contributed by atoms with Gasteiger partial charge in [0.2, 0.25) is 0 Å². The van der Waals surface area contributed by atoms with Crippen LogP contribution in [0.2, 0.25) is 0 Å². The van der Waals surface area contributed by atoms with E-state index in [1.165, 1.54) is 42.7 Å². The number of hydrogen-bond donors (Lipinski definition) is 3. The largest absolute Gasteiger partial charge is 0.351 e. The normalized spacial score (nSPS) is 15.4. The Morgan fingerprint density at radius 1 is 1.08 bits per heavy atom. The average Bonchev–Trinajstić information content (AvgIpc) is 3.69. The lowest BCUT2D eigenvalue weighted by molar-refractivity contribution is 0.0951. The molecule has 11 heteroatoms. The van der Waals surface area contributed by atoms with Gasteiger partial charge in [-0.2, -0.15) is 10.2 Å². The summed E-state index contributed by atoms with van der Waals surface area (Å²) < 4.78 is 3.79. The summed E-state index contributed by atoms with van der Waals surface area (Å²) in [7, 11) is 0. The van der Waals surface area contributed by atoms with Crippen molar-refractivity contribution in [3.63, 3.8) is 0 Å². The van der Waals surface area contributed by atoms with Crippen LogP contribution >= 0.6 is 11.3 Å². The molecule has 4 aromatic heterocycles. The Hall–Kier alpha value is -3.57. The number of hydrogen-bond acceptors (Lipinski definition) is 7. The summed E-state index contributed by atoms with van der Waals surface area (Å²) >= 11 is 1.53. The molecule has 3 N–H and O–H groups in total. The van der Waals surface area contributed by atoms with Crippen LogP contribution in [0.15, 0.2) is 30.9 Å². The van der Waals surface area contributed by atoms with Crippen molar-refractivity contribution in [1.82, 2.24) is 35.0 Å². The first-order valence-corrected chi connectivity index (χ1v) is 13.7. The highest BCUT2D eigenvalue weighted by atomic mass is 32.1. The number of amides is 2. The second-order valence-corrected chi connectivity index (χ2v) is 10.8. The Bertz CT molecular complexity index is 1460. The number of aryl methyl sites for hydroxylation is 2. The topological polar surface area (TPSA) is 118 Å². The summed E-state index contributed by atoms with van der Waals surface area (Å²) in [6.45, 7) is 4.04. The first-order valence-electron chi connectivity index (χ1n) is 12.9. The predicted molar refractivity (Wildman–Crippen MR) is 142 cm³/mol. The molecule has 5 heterocycles. The third kappa shape index (κ3) is 4.76. The van der Waals surface area contributed by atoms with Gasteiger partial charge in [0.1, 0.15) is 4.83 Å². The van der Waals surface area contributed by atoms with Crippen molar-refractivity contribution < 1.29 is 9.59 Å². The number of pyridine rings is 1. The van der Waals surface area contributed by atoms with Crippen molar-refractivity contribution in [1.29, 1.82) is 0 Å². The van der Waals surface area contributed by atoms with Gasteiger partial charge in [0.15, 0.2) is 0 Å². The Balaban J connectivity index is 1.14. The molecule has 0 aromatic carbocycles. The van der Waals surface area contributed by atoms with Gasteiger partial charge in [-0.1, -0.05) is 12.8 Å². The van der Waals surface area contributed by atoms with Crippen LogP contribution in [0, 0.1) is 6.92 Å². The van der Waals surface area contributed by atoms with Gasteiger partial charge in [-0.3, -0.25) is 19.3 Å². The second-order valence-electron chi connectivity index (χ2n) is 9.74. The van der Waals surface area contributed by atoms with Crippen LogP contribution in [-0.4, -0.2) is 55.3 Å². The minimum Gasteiger partial charge on any atom is -0.351 e. The molecule has 192 valence electrons. The molecule has 0 saturated heterocycles. The number of carbonyl (C=O) groups is 2.